The Morgan fingerprint density at radius 2 is 2.25 bits per heavy atom. The number of hydrogen-bond acceptors (Lipinski definition) is 3. The summed E-state index contributed by atoms with van der Waals surface area (Å²) in [5.74, 6) is -0.957. The molecule has 0 saturated carbocycles. The molecule has 0 spiro atoms. The fourth-order valence-electron chi connectivity index (χ4n) is 2.43. The van der Waals surface area contributed by atoms with Gasteiger partial charge in [0.2, 0.25) is 0 Å². The molecule has 1 saturated heterocycles. The normalized spacial score (nSPS) is 21.8. The van der Waals surface area contributed by atoms with Crippen molar-refractivity contribution >= 4 is 12.0 Å². The summed E-state index contributed by atoms with van der Waals surface area (Å²) in [6, 6.07) is 2.71. The summed E-state index contributed by atoms with van der Waals surface area (Å²) < 4.78 is 0. The summed E-state index contributed by atoms with van der Waals surface area (Å²) in [6.45, 7) is 4.58. The first kappa shape index (κ1) is 14.3. The highest BCUT2D eigenvalue weighted by atomic mass is 16.4. The molecule has 1 aliphatic rings. The van der Waals surface area contributed by atoms with Gasteiger partial charge in [0, 0.05) is 25.0 Å². The number of likely N-dealkylation sites (tertiary alicyclic amines) is 1. The fraction of sp³-hybridized carbons (Fsp3) is 0.500. The van der Waals surface area contributed by atoms with Gasteiger partial charge in [-0.15, -0.1) is 0 Å². The van der Waals surface area contributed by atoms with E-state index in [1.54, 1.807) is 6.20 Å². The predicted molar refractivity (Wildman–Crippen MR) is 73.1 cm³/mol. The van der Waals surface area contributed by atoms with E-state index in [0.717, 1.165) is 17.7 Å². The van der Waals surface area contributed by atoms with Gasteiger partial charge in [-0.05, 0) is 30.9 Å². The van der Waals surface area contributed by atoms with Crippen LogP contribution in [0, 0.1) is 12.8 Å². The molecule has 6 nitrogen and oxygen atoms in total. The van der Waals surface area contributed by atoms with Gasteiger partial charge in [-0.25, -0.2) is 9.59 Å². The summed E-state index contributed by atoms with van der Waals surface area (Å²) >= 11 is 0. The largest absolute Gasteiger partial charge is 0.480 e. The number of aliphatic carboxylic acids is 1. The molecule has 0 aliphatic carbocycles. The van der Waals surface area contributed by atoms with Crippen molar-refractivity contribution < 1.29 is 14.7 Å². The van der Waals surface area contributed by atoms with Crippen LogP contribution in [0.2, 0.25) is 0 Å². The van der Waals surface area contributed by atoms with E-state index in [2.05, 4.69) is 10.3 Å². The van der Waals surface area contributed by atoms with Gasteiger partial charge in [0.05, 0.1) is 0 Å². The number of pyridine rings is 1. The average molecular weight is 277 g/mol. The van der Waals surface area contributed by atoms with Crippen molar-refractivity contribution in [3.63, 3.8) is 0 Å². The van der Waals surface area contributed by atoms with E-state index < -0.39 is 12.0 Å². The van der Waals surface area contributed by atoms with Gasteiger partial charge in [0.15, 0.2) is 0 Å². The van der Waals surface area contributed by atoms with Gasteiger partial charge < -0.3 is 15.3 Å². The van der Waals surface area contributed by atoms with Crippen LogP contribution < -0.4 is 5.32 Å². The van der Waals surface area contributed by atoms with Crippen molar-refractivity contribution in [2.45, 2.75) is 32.9 Å². The number of rotatable bonds is 3. The second kappa shape index (κ2) is 5.90. The molecule has 0 aromatic carbocycles. The molecule has 1 aromatic rings. The summed E-state index contributed by atoms with van der Waals surface area (Å²) in [5, 5.41) is 11.9. The fourth-order valence-corrected chi connectivity index (χ4v) is 2.43. The van der Waals surface area contributed by atoms with Crippen LogP contribution in [0.5, 0.6) is 0 Å². The molecule has 2 unspecified atom stereocenters. The Bertz CT molecular complexity index is 501. The molecule has 20 heavy (non-hydrogen) atoms. The van der Waals surface area contributed by atoms with Gasteiger partial charge in [-0.2, -0.15) is 0 Å². The average Bonchev–Trinajstić information content (AvgIpc) is 2.80. The van der Waals surface area contributed by atoms with Crippen LogP contribution in [0.25, 0.3) is 0 Å². The second-order valence-corrected chi connectivity index (χ2v) is 5.21. The first-order valence-corrected chi connectivity index (χ1v) is 6.68. The van der Waals surface area contributed by atoms with Crippen molar-refractivity contribution in [2.75, 3.05) is 6.54 Å². The van der Waals surface area contributed by atoms with Crippen LogP contribution in [-0.2, 0) is 11.3 Å². The van der Waals surface area contributed by atoms with E-state index in [1.165, 1.54) is 4.90 Å². The third-order valence-corrected chi connectivity index (χ3v) is 3.63. The number of nitrogens with zero attached hydrogens (tertiary/aromatic N) is 2. The maximum atomic E-state index is 12.1. The lowest BCUT2D eigenvalue weighted by molar-refractivity contribution is -0.142. The Kier molecular flexibility index (Phi) is 4.22. The Labute approximate surface area is 117 Å². The third kappa shape index (κ3) is 3.07. The minimum atomic E-state index is -0.942. The molecule has 1 aliphatic heterocycles. The molecule has 6 heteroatoms. The summed E-state index contributed by atoms with van der Waals surface area (Å²) in [5.41, 5.74) is 1.81. The number of carboxylic acids is 1. The van der Waals surface area contributed by atoms with E-state index in [9.17, 15) is 14.7 Å². The van der Waals surface area contributed by atoms with Gasteiger partial charge in [0.1, 0.15) is 6.04 Å². The quantitative estimate of drug-likeness (QED) is 0.874. The molecule has 1 fully saturated rings. The van der Waals surface area contributed by atoms with Gasteiger partial charge in [-0.3, -0.25) is 4.98 Å². The first-order chi connectivity index (χ1) is 9.49. The molecular formula is C14H19N3O3. The van der Waals surface area contributed by atoms with Gasteiger partial charge in [0.25, 0.3) is 0 Å². The molecule has 2 N–H and O–H groups in total. The van der Waals surface area contributed by atoms with E-state index in [4.69, 9.17) is 0 Å². The number of urea groups is 1. The summed E-state index contributed by atoms with van der Waals surface area (Å²) in [7, 11) is 0. The van der Waals surface area contributed by atoms with Crippen LogP contribution in [0.3, 0.4) is 0 Å². The molecule has 2 amide bonds. The van der Waals surface area contributed by atoms with Crippen molar-refractivity contribution in [3.8, 4) is 0 Å². The molecule has 0 radical (unpaired) electrons. The van der Waals surface area contributed by atoms with E-state index in [-0.39, 0.29) is 11.9 Å². The van der Waals surface area contributed by atoms with Crippen molar-refractivity contribution in [2.24, 2.45) is 5.92 Å². The lowest BCUT2D eigenvalue weighted by Gasteiger charge is -2.23. The maximum absolute atomic E-state index is 12.1. The third-order valence-electron chi connectivity index (χ3n) is 3.63. The van der Waals surface area contributed by atoms with Crippen molar-refractivity contribution in [3.05, 3.63) is 29.6 Å². The smallest absolute Gasteiger partial charge is 0.326 e. The highest BCUT2D eigenvalue weighted by Gasteiger charge is 2.39. The van der Waals surface area contributed by atoms with E-state index >= 15 is 0 Å². The predicted octanol–water partition coefficient (Wildman–Crippen LogP) is 1.39. The van der Waals surface area contributed by atoms with Gasteiger partial charge in [-0.1, -0.05) is 13.0 Å². The number of carbonyl (C=O) groups is 2. The lowest BCUT2D eigenvalue weighted by atomic mass is 10.0. The SMILES string of the molecule is Cc1ccc(CNC(=O)N2CCC(C)C2C(=O)O)cn1. The number of hydrogen-bond donors (Lipinski definition) is 2. The number of carbonyl (C=O) groups excluding carboxylic acids is 1. The van der Waals surface area contributed by atoms with Crippen LogP contribution in [-0.4, -0.2) is 39.6 Å². The second-order valence-electron chi connectivity index (χ2n) is 5.21. The number of carboxylic acid groups (broad SMARTS) is 1. The highest BCUT2D eigenvalue weighted by Crippen LogP contribution is 2.24. The molecule has 2 atom stereocenters. The topological polar surface area (TPSA) is 82.5 Å². The monoisotopic (exact) mass is 277 g/mol. The zero-order valence-electron chi connectivity index (χ0n) is 11.7. The minimum absolute atomic E-state index is 0.0145. The molecular weight excluding hydrogens is 258 g/mol. The van der Waals surface area contributed by atoms with Crippen molar-refractivity contribution in [1.82, 2.24) is 15.2 Å². The number of aromatic nitrogens is 1. The molecule has 1 aromatic heterocycles. The number of aryl methyl sites for hydroxylation is 1. The molecule has 2 heterocycles. The van der Waals surface area contributed by atoms with Crippen LogP contribution in [0.1, 0.15) is 24.6 Å². The number of nitrogens with one attached hydrogen (secondary N) is 1. The Balaban J connectivity index is 1.94. The highest BCUT2D eigenvalue weighted by molar-refractivity contribution is 5.83. The molecule has 0 bridgehead atoms. The zero-order chi connectivity index (χ0) is 14.7. The standard InChI is InChI=1S/C14H19N3O3/c1-9-5-6-17(12(9)13(18)19)14(20)16-8-11-4-3-10(2)15-7-11/h3-4,7,9,12H,5-6,8H2,1-2H3,(H,16,20)(H,18,19). The first-order valence-electron chi connectivity index (χ1n) is 6.68. The number of amides is 2. The molecule has 2 rings (SSSR count). The van der Waals surface area contributed by atoms with Crippen molar-refractivity contribution in [1.29, 1.82) is 0 Å². The lowest BCUT2D eigenvalue weighted by Crippen LogP contribution is -2.47. The Morgan fingerprint density at radius 3 is 2.85 bits per heavy atom. The molecule has 108 valence electrons. The van der Waals surface area contributed by atoms with Crippen LogP contribution in [0.4, 0.5) is 4.79 Å². The Morgan fingerprint density at radius 1 is 1.50 bits per heavy atom. The zero-order valence-corrected chi connectivity index (χ0v) is 11.7. The minimum Gasteiger partial charge on any atom is -0.480 e. The maximum Gasteiger partial charge on any atom is 0.326 e. The van der Waals surface area contributed by atoms with E-state index in [1.807, 2.05) is 26.0 Å². The van der Waals surface area contributed by atoms with E-state index in [0.29, 0.717) is 13.1 Å². The van der Waals surface area contributed by atoms with Gasteiger partial charge >= 0.3 is 12.0 Å². The summed E-state index contributed by atoms with van der Waals surface area (Å²) in [4.78, 5) is 28.8. The van der Waals surface area contributed by atoms with Crippen LogP contribution in [0.15, 0.2) is 18.3 Å². The Hall–Kier alpha value is -2.11. The van der Waals surface area contributed by atoms with Crippen LogP contribution >= 0.6 is 0 Å². The summed E-state index contributed by atoms with van der Waals surface area (Å²) in [6.07, 6.45) is 2.42.